The van der Waals surface area contributed by atoms with Crippen molar-refractivity contribution in [2.24, 2.45) is 0 Å². The van der Waals surface area contributed by atoms with Gasteiger partial charge in [0.15, 0.2) is 0 Å². The summed E-state index contributed by atoms with van der Waals surface area (Å²) < 4.78 is 0. The van der Waals surface area contributed by atoms with E-state index in [0.29, 0.717) is 0 Å². The van der Waals surface area contributed by atoms with E-state index >= 15 is 0 Å². The van der Waals surface area contributed by atoms with Crippen molar-refractivity contribution in [3.05, 3.63) is 63.3 Å². The highest BCUT2D eigenvalue weighted by atomic mass is 16.3. The monoisotopic (exact) mass is 347 g/mol. The Morgan fingerprint density at radius 1 is 0.640 bits per heavy atom. The summed E-state index contributed by atoms with van der Waals surface area (Å²) in [6.07, 6.45) is 10.6. The molecule has 0 aromatic rings. The third-order valence-corrected chi connectivity index (χ3v) is 3.97. The molecule has 0 radical (unpaired) electrons. The van der Waals surface area contributed by atoms with E-state index in [-0.39, 0.29) is 0 Å². The van der Waals surface area contributed by atoms with Crippen molar-refractivity contribution in [3.63, 3.8) is 0 Å². The van der Waals surface area contributed by atoms with Crippen LogP contribution in [0.15, 0.2) is 63.3 Å². The molecule has 142 valence electrons. The third kappa shape index (κ3) is 11.7. The molecule has 0 aliphatic rings. The summed E-state index contributed by atoms with van der Waals surface area (Å²) >= 11 is 0. The van der Waals surface area contributed by atoms with Gasteiger partial charge in [-0.1, -0.05) is 30.9 Å². The number of aliphatic hydroxyl groups excluding tert-OH is 1. The second-order valence-corrected chi connectivity index (χ2v) is 6.07. The molecule has 0 aromatic carbocycles. The summed E-state index contributed by atoms with van der Waals surface area (Å²) in [6, 6.07) is 0. The maximum absolute atomic E-state index is 10.2. The van der Waals surface area contributed by atoms with Crippen molar-refractivity contribution in [2.75, 3.05) is 52.4 Å². The van der Waals surface area contributed by atoms with E-state index in [1.165, 1.54) is 0 Å². The van der Waals surface area contributed by atoms with Crippen molar-refractivity contribution in [2.45, 2.75) is 19.1 Å². The lowest BCUT2D eigenvalue weighted by Crippen LogP contribution is -2.38. The van der Waals surface area contributed by atoms with Crippen LogP contribution in [0.1, 0.15) is 12.8 Å². The van der Waals surface area contributed by atoms with Crippen LogP contribution in [-0.2, 0) is 0 Å². The first-order chi connectivity index (χ1) is 12.1. The molecule has 0 bridgehead atoms. The molecule has 0 fully saturated rings. The molecule has 0 saturated carbocycles. The fourth-order valence-corrected chi connectivity index (χ4v) is 2.76. The Kier molecular flexibility index (Phi) is 15.1. The largest absolute Gasteiger partial charge is 0.375 e. The van der Waals surface area contributed by atoms with Crippen LogP contribution >= 0.6 is 0 Å². The van der Waals surface area contributed by atoms with Gasteiger partial charge < -0.3 is 5.11 Å². The molecule has 4 heteroatoms. The van der Waals surface area contributed by atoms with Crippen molar-refractivity contribution in [1.82, 2.24) is 14.7 Å². The van der Waals surface area contributed by atoms with E-state index in [2.05, 4.69) is 47.6 Å². The quantitative estimate of drug-likeness (QED) is 0.305. The van der Waals surface area contributed by atoms with Gasteiger partial charge in [0, 0.05) is 52.4 Å². The molecule has 0 aromatic heterocycles. The molecule has 0 spiro atoms. The van der Waals surface area contributed by atoms with Gasteiger partial charge in [-0.2, -0.15) is 0 Å². The molecule has 0 saturated heterocycles. The van der Waals surface area contributed by atoms with E-state index in [1.54, 1.807) is 6.08 Å². The van der Waals surface area contributed by atoms with Crippen molar-refractivity contribution in [1.29, 1.82) is 0 Å². The second kappa shape index (κ2) is 16.0. The standard InChI is InChI=1S/C21H37N3O/c1-6-13-22(14-7-2)17-11-19-24(21(25)10-5)20-12-18-23(15-8-3)16-9-4/h6-10,21,25H,1-5,11-20H2. The summed E-state index contributed by atoms with van der Waals surface area (Å²) in [4.78, 5) is 6.65. The minimum Gasteiger partial charge on any atom is -0.375 e. The normalized spacial score (nSPS) is 12.3. The van der Waals surface area contributed by atoms with Gasteiger partial charge in [0.05, 0.1) is 0 Å². The minimum absolute atomic E-state index is 0.598. The fourth-order valence-electron chi connectivity index (χ4n) is 2.76. The highest BCUT2D eigenvalue weighted by molar-refractivity contribution is 4.83. The van der Waals surface area contributed by atoms with Gasteiger partial charge in [-0.25, -0.2) is 0 Å². The van der Waals surface area contributed by atoms with Crippen LogP contribution in [-0.4, -0.2) is 78.4 Å². The van der Waals surface area contributed by atoms with Crippen molar-refractivity contribution < 1.29 is 5.11 Å². The molecule has 1 atom stereocenters. The van der Waals surface area contributed by atoms with Gasteiger partial charge in [0.2, 0.25) is 0 Å². The molecule has 0 aliphatic carbocycles. The van der Waals surface area contributed by atoms with Crippen LogP contribution in [0, 0.1) is 0 Å². The van der Waals surface area contributed by atoms with Crippen LogP contribution in [0.5, 0.6) is 0 Å². The molecule has 0 aliphatic heterocycles. The van der Waals surface area contributed by atoms with Gasteiger partial charge in [0.1, 0.15) is 6.23 Å². The molecular formula is C21H37N3O. The molecule has 1 N–H and O–H groups in total. The molecular weight excluding hydrogens is 310 g/mol. The number of rotatable bonds is 18. The zero-order valence-corrected chi connectivity index (χ0v) is 15.9. The predicted octanol–water partition coefficient (Wildman–Crippen LogP) is 2.92. The summed E-state index contributed by atoms with van der Waals surface area (Å²) in [5.41, 5.74) is 0. The summed E-state index contributed by atoms with van der Waals surface area (Å²) in [7, 11) is 0. The Bertz CT molecular complexity index is 345. The van der Waals surface area contributed by atoms with Crippen LogP contribution in [0.4, 0.5) is 0 Å². The lowest BCUT2D eigenvalue weighted by Gasteiger charge is -2.28. The van der Waals surface area contributed by atoms with Gasteiger partial charge in [-0.05, 0) is 18.9 Å². The smallest absolute Gasteiger partial charge is 0.126 e. The predicted molar refractivity (Wildman–Crippen MR) is 111 cm³/mol. The molecule has 0 rings (SSSR count). The zero-order valence-electron chi connectivity index (χ0n) is 15.9. The van der Waals surface area contributed by atoms with E-state index in [1.807, 2.05) is 24.3 Å². The average molecular weight is 348 g/mol. The highest BCUT2D eigenvalue weighted by Crippen LogP contribution is 2.04. The number of hydrogen-bond donors (Lipinski definition) is 1. The van der Waals surface area contributed by atoms with Gasteiger partial charge in [0.25, 0.3) is 0 Å². The van der Waals surface area contributed by atoms with E-state index in [0.717, 1.165) is 65.2 Å². The van der Waals surface area contributed by atoms with Gasteiger partial charge in [-0.15, -0.1) is 26.3 Å². The van der Waals surface area contributed by atoms with Gasteiger partial charge >= 0.3 is 0 Å². The lowest BCUT2D eigenvalue weighted by atomic mass is 10.2. The Morgan fingerprint density at radius 2 is 1.00 bits per heavy atom. The van der Waals surface area contributed by atoms with Crippen LogP contribution in [0.2, 0.25) is 0 Å². The summed E-state index contributed by atoms with van der Waals surface area (Å²) in [6.45, 7) is 25.9. The lowest BCUT2D eigenvalue weighted by molar-refractivity contribution is 0.0367. The summed E-state index contributed by atoms with van der Waals surface area (Å²) in [5, 5.41) is 10.2. The Morgan fingerprint density at radius 3 is 1.28 bits per heavy atom. The van der Waals surface area contributed by atoms with E-state index in [4.69, 9.17) is 0 Å². The number of nitrogens with zero attached hydrogens (tertiary/aromatic N) is 3. The van der Waals surface area contributed by atoms with Crippen LogP contribution in [0.25, 0.3) is 0 Å². The van der Waals surface area contributed by atoms with E-state index in [9.17, 15) is 5.11 Å². The topological polar surface area (TPSA) is 30.0 Å². The first-order valence-electron chi connectivity index (χ1n) is 9.05. The Hall–Kier alpha value is -1.46. The minimum atomic E-state index is -0.598. The summed E-state index contributed by atoms with van der Waals surface area (Å²) in [5.74, 6) is 0. The second-order valence-electron chi connectivity index (χ2n) is 6.07. The number of aliphatic hydroxyl groups is 1. The Labute approximate surface area is 155 Å². The van der Waals surface area contributed by atoms with Crippen molar-refractivity contribution in [3.8, 4) is 0 Å². The zero-order chi connectivity index (χ0) is 18.9. The first-order valence-corrected chi connectivity index (χ1v) is 9.05. The van der Waals surface area contributed by atoms with Crippen molar-refractivity contribution >= 4 is 0 Å². The van der Waals surface area contributed by atoms with Gasteiger partial charge in [-0.3, -0.25) is 14.7 Å². The highest BCUT2D eigenvalue weighted by Gasteiger charge is 2.13. The molecule has 4 nitrogen and oxygen atoms in total. The van der Waals surface area contributed by atoms with Crippen LogP contribution < -0.4 is 0 Å². The maximum atomic E-state index is 10.2. The van der Waals surface area contributed by atoms with Crippen LogP contribution in [0.3, 0.4) is 0 Å². The first kappa shape index (κ1) is 23.5. The maximum Gasteiger partial charge on any atom is 0.126 e. The fraction of sp³-hybridized carbons (Fsp3) is 0.524. The average Bonchev–Trinajstić information content (AvgIpc) is 2.60. The molecule has 0 heterocycles. The number of hydrogen-bond acceptors (Lipinski definition) is 4. The SMILES string of the molecule is C=CCN(CC=C)CCCN(CCCN(CC=C)CC=C)C(O)C=C. The molecule has 0 amide bonds. The third-order valence-electron chi connectivity index (χ3n) is 3.97. The molecule has 25 heavy (non-hydrogen) atoms. The van der Waals surface area contributed by atoms with E-state index < -0.39 is 6.23 Å². The molecule has 1 unspecified atom stereocenters. The Balaban J connectivity index is 4.37.